The molecule has 0 heterocycles. The molecule has 5 nitrogen and oxygen atoms in total. The highest BCUT2D eigenvalue weighted by Gasteiger charge is 2.23. The van der Waals surface area contributed by atoms with E-state index in [4.69, 9.17) is 0 Å². The van der Waals surface area contributed by atoms with Crippen molar-refractivity contribution in [1.29, 1.82) is 0 Å². The molecule has 1 rings (SSSR count). The smallest absolute Gasteiger partial charge is 0.342 e. The molecule has 0 aliphatic heterocycles. The van der Waals surface area contributed by atoms with Crippen LogP contribution in [0.15, 0.2) is 16.6 Å². The van der Waals surface area contributed by atoms with Crippen molar-refractivity contribution in [3.8, 4) is 5.75 Å². The molecule has 86 valence electrons. The molecule has 1 N–H and O–H groups in total. The number of benzene rings is 1. The maximum atomic E-state index is 11.4. The van der Waals surface area contributed by atoms with Crippen LogP contribution in [0.5, 0.6) is 5.75 Å². The Hall–Kier alpha value is -1.56. The van der Waals surface area contributed by atoms with E-state index in [9.17, 15) is 14.7 Å². The number of rotatable bonds is 2. The number of esters is 2. The van der Waals surface area contributed by atoms with Crippen molar-refractivity contribution in [2.45, 2.75) is 0 Å². The number of hydrogen-bond donors (Lipinski definition) is 1. The van der Waals surface area contributed by atoms with Crippen LogP contribution in [0.1, 0.15) is 20.7 Å². The SMILES string of the molecule is COC(=O)c1cc(Br)cc(O)c1C(=O)OC. The second kappa shape index (κ2) is 4.98. The highest BCUT2D eigenvalue weighted by molar-refractivity contribution is 9.10. The molecule has 0 saturated carbocycles. The maximum absolute atomic E-state index is 11.4. The lowest BCUT2D eigenvalue weighted by Gasteiger charge is -2.08. The van der Waals surface area contributed by atoms with Gasteiger partial charge in [0.2, 0.25) is 0 Å². The summed E-state index contributed by atoms with van der Waals surface area (Å²) in [5.74, 6) is -1.87. The number of phenolic OH excluding ortho intramolecular Hbond substituents is 1. The van der Waals surface area contributed by atoms with Crippen LogP contribution in [0, 0.1) is 0 Å². The van der Waals surface area contributed by atoms with Gasteiger partial charge >= 0.3 is 11.9 Å². The van der Waals surface area contributed by atoms with Crippen LogP contribution in [0.3, 0.4) is 0 Å². The molecule has 0 aliphatic carbocycles. The van der Waals surface area contributed by atoms with E-state index in [1.54, 1.807) is 0 Å². The van der Waals surface area contributed by atoms with Crippen molar-refractivity contribution in [3.05, 3.63) is 27.7 Å². The van der Waals surface area contributed by atoms with Gasteiger partial charge < -0.3 is 14.6 Å². The van der Waals surface area contributed by atoms with Gasteiger partial charge in [0.1, 0.15) is 11.3 Å². The van der Waals surface area contributed by atoms with Crippen molar-refractivity contribution < 1.29 is 24.2 Å². The molecule has 1 aromatic rings. The summed E-state index contributed by atoms with van der Waals surface area (Å²) in [6, 6.07) is 2.66. The first-order valence-electron chi connectivity index (χ1n) is 4.20. The third-order valence-electron chi connectivity index (χ3n) is 1.88. The second-order valence-electron chi connectivity index (χ2n) is 2.83. The van der Waals surface area contributed by atoms with Gasteiger partial charge in [-0.1, -0.05) is 15.9 Å². The first-order valence-corrected chi connectivity index (χ1v) is 4.99. The molecular formula is C10H9BrO5. The zero-order valence-electron chi connectivity index (χ0n) is 8.61. The zero-order chi connectivity index (χ0) is 12.3. The summed E-state index contributed by atoms with van der Waals surface area (Å²) in [4.78, 5) is 22.8. The molecule has 6 heteroatoms. The predicted octanol–water partition coefficient (Wildman–Crippen LogP) is 1.73. The van der Waals surface area contributed by atoms with Crippen molar-refractivity contribution in [1.82, 2.24) is 0 Å². The number of ether oxygens (including phenoxy) is 2. The summed E-state index contributed by atoms with van der Waals surface area (Å²) in [7, 11) is 2.34. The highest BCUT2D eigenvalue weighted by Crippen LogP contribution is 2.27. The average molecular weight is 289 g/mol. The number of methoxy groups -OCH3 is 2. The number of aromatic hydroxyl groups is 1. The van der Waals surface area contributed by atoms with E-state index in [1.807, 2.05) is 0 Å². The van der Waals surface area contributed by atoms with E-state index < -0.39 is 11.9 Å². The van der Waals surface area contributed by atoms with Gasteiger partial charge in [0, 0.05) is 4.47 Å². The van der Waals surface area contributed by atoms with Gasteiger partial charge in [-0.15, -0.1) is 0 Å². The molecule has 0 fully saturated rings. The van der Waals surface area contributed by atoms with Crippen LogP contribution >= 0.6 is 15.9 Å². The van der Waals surface area contributed by atoms with Crippen molar-refractivity contribution in [3.63, 3.8) is 0 Å². The van der Waals surface area contributed by atoms with Crippen LogP contribution < -0.4 is 0 Å². The number of hydrogen-bond acceptors (Lipinski definition) is 5. The van der Waals surface area contributed by atoms with Crippen LogP contribution in [-0.4, -0.2) is 31.3 Å². The Labute approximate surface area is 100 Å². The lowest BCUT2D eigenvalue weighted by molar-refractivity contribution is 0.0552. The van der Waals surface area contributed by atoms with Gasteiger partial charge in [-0.3, -0.25) is 0 Å². The topological polar surface area (TPSA) is 72.8 Å². The largest absolute Gasteiger partial charge is 0.507 e. The van der Waals surface area contributed by atoms with Gasteiger partial charge in [0.05, 0.1) is 19.8 Å². The Morgan fingerprint density at radius 1 is 1.19 bits per heavy atom. The quantitative estimate of drug-likeness (QED) is 0.839. The third-order valence-corrected chi connectivity index (χ3v) is 2.33. The monoisotopic (exact) mass is 288 g/mol. The summed E-state index contributed by atoms with van der Waals surface area (Å²) < 4.78 is 9.43. The minimum atomic E-state index is -0.801. The van der Waals surface area contributed by atoms with Crippen molar-refractivity contribution in [2.24, 2.45) is 0 Å². The standard InChI is InChI=1S/C10H9BrO5/c1-15-9(13)6-3-5(11)4-7(12)8(6)10(14)16-2/h3-4,12H,1-2H3. The van der Waals surface area contributed by atoms with E-state index in [1.165, 1.54) is 19.2 Å². The Balaban J connectivity index is 3.44. The van der Waals surface area contributed by atoms with Crippen LogP contribution in [-0.2, 0) is 9.47 Å². The normalized spacial score (nSPS) is 9.69. The van der Waals surface area contributed by atoms with Gasteiger partial charge in [0.25, 0.3) is 0 Å². The van der Waals surface area contributed by atoms with E-state index in [0.717, 1.165) is 7.11 Å². The van der Waals surface area contributed by atoms with Crippen LogP contribution in [0.4, 0.5) is 0 Å². The van der Waals surface area contributed by atoms with Gasteiger partial charge in [0.15, 0.2) is 0 Å². The summed E-state index contributed by atoms with van der Waals surface area (Å²) in [5, 5.41) is 9.58. The molecule has 0 spiro atoms. The molecule has 0 aliphatic rings. The number of phenols is 1. The minimum Gasteiger partial charge on any atom is -0.507 e. The van der Waals surface area contributed by atoms with E-state index in [0.29, 0.717) is 4.47 Å². The first kappa shape index (κ1) is 12.5. The van der Waals surface area contributed by atoms with Gasteiger partial charge in [-0.2, -0.15) is 0 Å². The molecular weight excluding hydrogens is 280 g/mol. The Morgan fingerprint density at radius 2 is 1.75 bits per heavy atom. The molecule has 0 saturated heterocycles. The van der Waals surface area contributed by atoms with Gasteiger partial charge in [-0.25, -0.2) is 9.59 Å². The molecule has 0 atom stereocenters. The highest BCUT2D eigenvalue weighted by atomic mass is 79.9. The van der Waals surface area contributed by atoms with Gasteiger partial charge in [-0.05, 0) is 12.1 Å². The predicted molar refractivity (Wildman–Crippen MR) is 58.5 cm³/mol. The summed E-state index contributed by atoms with van der Waals surface area (Å²) in [6.45, 7) is 0. The molecule has 0 bridgehead atoms. The number of carbonyl (C=O) groups is 2. The van der Waals surface area contributed by atoms with E-state index in [-0.39, 0.29) is 16.9 Å². The lowest BCUT2D eigenvalue weighted by Crippen LogP contribution is -2.12. The Kier molecular flexibility index (Phi) is 3.89. The fourth-order valence-electron chi connectivity index (χ4n) is 1.18. The summed E-state index contributed by atoms with van der Waals surface area (Å²) in [5.41, 5.74) is -0.265. The first-order chi connectivity index (χ1) is 7.51. The molecule has 0 aromatic heterocycles. The second-order valence-corrected chi connectivity index (χ2v) is 3.75. The minimum absolute atomic E-state index is 0.0544. The fraction of sp³-hybridized carbons (Fsp3) is 0.200. The summed E-state index contributed by atoms with van der Waals surface area (Å²) >= 11 is 3.10. The molecule has 0 radical (unpaired) electrons. The van der Waals surface area contributed by atoms with E-state index in [2.05, 4.69) is 25.4 Å². The number of halogens is 1. The lowest BCUT2D eigenvalue weighted by atomic mass is 10.1. The van der Waals surface area contributed by atoms with Crippen LogP contribution in [0.25, 0.3) is 0 Å². The van der Waals surface area contributed by atoms with Crippen LogP contribution in [0.2, 0.25) is 0 Å². The number of carbonyl (C=O) groups excluding carboxylic acids is 2. The third kappa shape index (κ3) is 2.33. The maximum Gasteiger partial charge on any atom is 0.342 e. The average Bonchev–Trinajstić information content (AvgIpc) is 2.26. The fourth-order valence-corrected chi connectivity index (χ4v) is 1.63. The van der Waals surface area contributed by atoms with Crippen molar-refractivity contribution >= 4 is 27.9 Å². The molecule has 16 heavy (non-hydrogen) atoms. The zero-order valence-corrected chi connectivity index (χ0v) is 10.2. The summed E-state index contributed by atoms with van der Waals surface area (Å²) in [6.07, 6.45) is 0. The van der Waals surface area contributed by atoms with Crippen molar-refractivity contribution in [2.75, 3.05) is 14.2 Å². The molecule has 1 aromatic carbocycles. The molecule has 0 amide bonds. The Morgan fingerprint density at radius 3 is 2.25 bits per heavy atom. The van der Waals surface area contributed by atoms with E-state index >= 15 is 0 Å². The molecule has 0 unspecified atom stereocenters. The Bertz CT molecular complexity index is 441.